The van der Waals surface area contributed by atoms with E-state index in [0.717, 1.165) is 42.8 Å². The quantitative estimate of drug-likeness (QED) is 0.499. The van der Waals surface area contributed by atoms with Crippen molar-refractivity contribution in [3.8, 4) is 0 Å². The van der Waals surface area contributed by atoms with E-state index >= 15 is 0 Å². The molecule has 1 aromatic carbocycles. The molecule has 0 amide bonds. The smallest absolute Gasteiger partial charge is 0.0468 e. The van der Waals surface area contributed by atoms with Gasteiger partial charge in [0.05, 0.1) is 0 Å². The molecule has 0 fully saturated rings. The molecular formula is C15H21Cl2N. The molecule has 1 atom stereocenters. The van der Waals surface area contributed by atoms with Crippen molar-refractivity contribution >= 4 is 23.2 Å². The van der Waals surface area contributed by atoms with Gasteiger partial charge >= 0.3 is 0 Å². The van der Waals surface area contributed by atoms with Gasteiger partial charge in [0.25, 0.3) is 0 Å². The summed E-state index contributed by atoms with van der Waals surface area (Å²) in [5, 5.41) is 4.97. The molecule has 0 saturated heterocycles. The van der Waals surface area contributed by atoms with Crippen LogP contribution in [0.15, 0.2) is 30.9 Å². The number of unbranched alkanes of at least 4 members (excludes halogenated alkanes) is 1. The third-order valence-electron chi connectivity index (χ3n) is 2.88. The molecule has 0 saturated carbocycles. The predicted molar refractivity (Wildman–Crippen MR) is 81.5 cm³/mol. The normalized spacial score (nSPS) is 12.4. The Balaban J connectivity index is 2.76. The molecule has 3 heteroatoms. The zero-order valence-corrected chi connectivity index (χ0v) is 12.4. The van der Waals surface area contributed by atoms with E-state index in [1.807, 2.05) is 24.3 Å². The summed E-state index contributed by atoms with van der Waals surface area (Å²) in [6.45, 7) is 6.92. The molecule has 0 spiro atoms. The summed E-state index contributed by atoms with van der Waals surface area (Å²) in [5.74, 6) is 0. The van der Waals surface area contributed by atoms with E-state index in [0.29, 0.717) is 11.1 Å². The van der Waals surface area contributed by atoms with Gasteiger partial charge in [-0.3, -0.25) is 0 Å². The first kappa shape index (κ1) is 15.6. The molecular weight excluding hydrogens is 265 g/mol. The summed E-state index contributed by atoms with van der Waals surface area (Å²) in [7, 11) is 0. The Kier molecular flexibility index (Phi) is 7.41. The van der Waals surface area contributed by atoms with Crippen LogP contribution in [0.1, 0.15) is 44.2 Å². The van der Waals surface area contributed by atoms with Gasteiger partial charge in [-0.2, -0.15) is 0 Å². The van der Waals surface area contributed by atoms with Gasteiger partial charge in [0.15, 0.2) is 0 Å². The van der Waals surface area contributed by atoms with E-state index in [1.165, 1.54) is 0 Å². The Labute approximate surface area is 120 Å². The maximum atomic E-state index is 6.27. The number of benzene rings is 1. The van der Waals surface area contributed by atoms with Crippen molar-refractivity contribution in [2.75, 3.05) is 6.54 Å². The number of hydrogen-bond acceptors (Lipinski definition) is 1. The minimum absolute atomic E-state index is 0.301. The first-order chi connectivity index (χ1) is 8.69. The van der Waals surface area contributed by atoms with E-state index in [-0.39, 0.29) is 0 Å². The van der Waals surface area contributed by atoms with Crippen molar-refractivity contribution in [3.05, 3.63) is 46.5 Å². The fourth-order valence-electron chi connectivity index (χ4n) is 1.94. The molecule has 0 aliphatic heterocycles. The zero-order valence-electron chi connectivity index (χ0n) is 10.9. The van der Waals surface area contributed by atoms with Gasteiger partial charge in [-0.1, -0.05) is 42.3 Å². The molecule has 0 bridgehead atoms. The molecule has 1 rings (SSSR count). The summed E-state index contributed by atoms with van der Waals surface area (Å²) < 4.78 is 0. The molecule has 100 valence electrons. The first-order valence-corrected chi connectivity index (χ1v) is 7.23. The van der Waals surface area contributed by atoms with Crippen molar-refractivity contribution in [1.82, 2.24) is 5.32 Å². The van der Waals surface area contributed by atoms with Gasteiger partial charge in [0.1, 0.15) is 0 Å². The van der Waals surface area contributed by atoms with Crippen molar-refractivity contribution in [3.63, 3.8) is 0 Å². The number of allylic oxidation sites excluding steroid dienone is 1. The van der Waals surface area contributed by atoms with Crippen LogP contribution in [0.4, 0.5) is 0 Å². The van der Waals surface area contributed by atoms with E-state index in [2.05, 4.69) is 18.8 Å². The van der Waals surface area contributed by atoms with E-state index in [1.54, 1.807) is 0 Å². The summed E-state index contributed by atoms with van der Waals surface area (Å²) in [4.78, 5) is 0. The van der Waals surface area contributed by atoms with Gasteiger partial charge in [0, 0.05) is 16.1 Å². The highest BCUT2D eigenvalue weighted by Gasteiger charge is 2.13. The molecule has 1 N–H and O–H groups in total. The number of rotatable bonds is 8. The Hall–Kier alpha value is -0.500. The lowest BCUT2D eigenvalue weighted by Crippen LogP contribution is -2.22. The van der Waals surface area contributed by atoms with Crippen LogP contribution in [0.25, 0.3) is 0 Å². The Morgan fingerprint density at radius 1 is 1.39 bits per heavy atom. The van der Waals surface area contributed by atoms with Gasteiger partial charge in [-0.25, -0.2) is 0 Å². The second-order valence-corrected chi connectivity index (χ2v) is 5.24. The van der Waals surface area contributed by atoms with Crippen LogP contribution in [-0.2, 0) is 0 Å². The predicted octanol–water partition coefficient (Wildman–Crippen LogP) is 5.39. The Morgan fingerprint density at radius 3 is 2.78 bits per heavy atom. The molecule has 1 unspecified atom stereocenters. The second-order valence-electron chi connectivity index (χ2n) is 4.39. The lowest BCUT2D eigenvalue weighted by Gasteiger charge is -2.20. The van der Waals surface area contributed by atoms with E-state index < -0.39 is 0 Å². The van der Waals surface area contributed by atoms with Gasteiger partial charge in [0.2, 0.25) is 0 Å². The van der Waals surface area contributed by atoms with Crippen molar-refractivity contribution < 1.29 is 0 Å². The first-order valence-electron chi connectivity index (χ1n) is 6.48. The fourth-order valence-corrected chi connectivity index (χ4v) is 2.48. The molecule has 0 radical (unpaired) electrons. The topological polar surface area (TPSA) is 12.0 Å². The Bertz CT molecular complexity index is 377. The van der Waals surface area contributed by atoms with Crippen LogP contribution < -0.4 is 5.32 Å². The molecule has 0 aromatic heterocycles. The minimum Gasteiger partial charge on any atom is -0.310 e. The highest BCUT2D eigenvalue weighted by atomic mass is 35.5. The van der Waals surface area contributed by atoms with Crippen molar-refractivity contribution in [2.24, 2.45) is 0 Å². The minimum atomic E-state index is 0.301. The largest absolute Gasteiger partial charge is 0.310 e. The average molecular weight is 286 g/mol. The molecule has 18 heavy (non-hydrogen) atoms. The fraction of sp³-hybridized carbons (Fsp3) is 0.467. The highest BCUT2D eigenvalue weighted by molar-refractivity contribution is 6.35. The van der Waals surface area contributed by atoms with Crippen molar-refractivity contribution in [1.29, 1.82) is 0 Å². The third kappa shape index (κ3) is 5.01. The van der Waals surface area contributed by atoms with Gasteiger partial charge in [-0.15, -0.1) is 6.58 Å². The standard InChI is InChI=1S/C15H21Cl2N/c1-3-5-6-7-15(18-10-4-2)13-9-8-12(16)11-14(13)17/h3,8-9,11,15,18H,1,4-7,10H2,2H3. The molecule has 0 heterocycles. The van der Waals surface area contributed by atoms with Crippen LogP contribution in [0.3, 0.4) is 0 Å². The summed E-state index contributed by atoms with van der Waals surface area (Å²) in [6.07, 6.45) is 6.29. The van der Waals surface area contributed by atoms with Crippen LogP contribution >= 0.6 is 23.2 Å². The van der Waals surface area contributed by atoms with Crippen LogP contribution in [0.5, 0.6) is 0 Å². The average Bonchev–Trinajstić information content (AvgIpc) is 2.34. The lowest BCUT2D eigenvalue weighted by atomic mass is 10.0. The lowest BCUT2D eigenvalue weighted by molar-refractivity contribution is 0.486. The number of hydrogen-bond donors (Lipinski definition) is 1. The summed E-state index contributed by atoms with van der Waals surface area (Å²) in [5.41, 5.74) is 1.14. The van der Waals surface area contributed by atoms with Crippen molar-refractivity contribution in [2.45, 2.75) is 38.6 Å². The van der Waals surface area contributed by atoms with Gasteiger partial charge in [-0.05, 0) is 49.9 Å². The third-order valence-corrected chi connectivity index (χ3v) is 3.44. The number of nitrogens with one attached hydrogen (secondary N) is 1. The summed E-state index contributed by atoms with van der Waals surface area (Å²) >= 11 is 12.2. The van der Waals surface area contributed by atoms with E-state index in [4.69, 9.17) is 23.2 Å². The highest BCUT2D eigenvalue weighted by Crippen LogP contribution is 2.29. The Morgan fingerprint density at radius 2 is 2.17 bits per heavy atom. The maximum absolute atomic E-state index is 6.27. The molecule has 1 aromatic rings. The van der Waals surface area contributed by atoms with Crippen LogP contribution in [0, 0.1) is 0 Å². The second kappa shape index (κ2) is 8.58. The molecule has 0 aliphatic rings. The number of halogens is 2. The maximum Gasteiger partial charge on any atom is 0.0468 e. The summed E-state index contributed by atoms with van der Waals surface area (Å²) in [6, 6.07) is 6.03. The zero-order chi connectivity index (χ0) is 13.4. The van der Waals surface area contributed by atoms with Crippen LogP contribution in [0.2, 0.25) is 10.0 Å². The molecule has 0 aliphatic carbocycles. The SMILES string of the molecule is C=CCCCC(NCCC)c1ccc(Cl)cc1Cl. The molecule has 1 nitrogen and oxygen atoms in total. The monoisotopic (exact) mass is 285 g/mol. The van der Waals surface area contributed by atoms with E-state index in [9.17, 15) is 0 Å². The van der Waals surface area contributed by atoms with Gasteiger partial charge < -0.3 is 5.32 Å². The van der Waals surface area contributed by atoms with Crippen LogP contribution in [-0.4, -0.2) is 6.54 Å².